The van der Waals surface area contributed by atoms with Crippen molar-refractivity contribution in [1.29, 1.82) is 0 Å². The van der Waals surface area contributed by atoms with Gasteiger partial charge in [-0.15, -0.1) is 10.2 Å². The molecule has 0 aliphatic carbocycles. The van der Waals surface area contributed by atoms with Gasteiger partial charge in [0.25, 0.3) is 5.22 Å². The highest BCUT2D eigenvalue weighted by Gasteiger charge is 2.12. The first-order valence-corrected chi connectivity index (χ1v) is 9.98. The van der Waals surface area contributed by atoms with Crippen molar-refractivity contribution < 1.29 is 13.9 Å². The van der Waals surface area contributed by atoms with Crippen molar-refractivity contribution in [2.24, 2.45) is 0 Å². The molecule has 0 saturated heterocycles. The number of aryl methyl sites for hydroxylation is 2. The Morgan fingerprint density at radius 3 is 2.75 bits per heavy atom. The van der Waals surface area contributed by atoms with Gasteiger partial charge in [0, 0.05) is 12.1 Å². The van der Waals surface area contributed by atoms with E-state index in [0.29, 0.717) is 24.1 Å². The summed E-state index contributed by atoms with van der Waals surface area (Å²) in [5.41, 5.74) is 4.32. The van der Waals surface area contributed by atoms with Gasteiger partial charge in [-0.3, -0.25) is 4.79 Å². The molecule has 3 aromatic rings. The van der Waals surface area contributed by atoms with Crippen LogP contribution in [0.3, 0.4) is 0 Å². The molecule has 7 heteroatoms. The van der Waals surface area contributed by atoms with E-state index in [2.05, 4.69) is 22.4 Å². The molecular formula is C21H23N3O3S. The monoisotopic (exact) mass is 397 g/mol. The first-order valence-electron chi connectivity index (χ1n) is 8.99. The van der Waals surface area contributed by atoms with Crippen molar-refractivity contribution in [3.05, 3.63) is 59.2 Å². The molecule has 0 spiro atoms. The Hall–Kier alpha value is -2.80. The van der Waals surface area contributed by atoms with Gasteiger partial charge in [-0.1, -0.05) is 36.0 Å². The number of nitrogens with one attached hydrogen (secondary N) is 1. The van der Waals surface area contributed by atoms with Crippen LogP contribution in [0.5, 0.6) is 5.75 Å². The van der Waals surface area contributed by atoms with Gasteiger partial charge in [0.1, 0.15) is 5.75 Å². The molecule has 2 aromatic carbocycles. The van der Waals surface area contributed by atoms with E-state index in [0.717, 1.165) is 16.9 Å². The van der Waals surface area contributed by atoms with Crippen LogP contribution in [0.25, 0.3) is 11.5 Å². The molecule has 1 N–H and O–H groups in total. The number of hydrogen-bond acceptors (Lipinski definition) is 6. The summed E-state index contributed by atoms with van der Waals surface area (Å²) in [7, 11) is 1.64. The molecule has 6 nitrogen and oxygen atoms in total. The average molecular weight is 398 g/mol. The Bertz CT molecular complexity index is 956. The van der Waals surface area contributed by atoms with Gasteiger partial charge in [-0.25, -0.2) is 0 Å². The molecule has 1 amide bonds. The molecular weight excluding hydrogens is 374 g/mol. The number of aromatic nitrogens is 2. The number of ether oxygens (including phenoxy) is 1. The normalized spacial score (nSPS) is 10.7. The van der Waals surface area contributed by atoms with Gasteiger partial charge in [-0.2, -0.15) is 0 Å². The van der Waals surface area contributed by atoms with Gasteiger partial charge in [0.2, 0.25) is 11.8 Å². The van der Waals surface area contributed by atoms with E-state index in [1.165, 1.54) is 22.9 Å². The number of carbonyl (C=O) groups excluding carboxylic acids is 1. The molecule has 0 radical (unpaired) electrons. The fraction of sp³-hybridized carbons (Fsp3) is 0.286. The molecule has 0 atom stereocenters. The van der Waals surface area contributed by atoms with Crippen molar-refractivity contribution in [3.8, 4) is 17.2 Å². The molecule has 0 aliphatic rings. The number of methoxy groups -OCH3 is 1. The Morgan fingerprint density at radius 2 is 1.96 bits per heavy atom. The van der Waals surface area contributed by atoms with Crippen molar-refractivity contribution in [3.63, 3.8) is 0 Å². The van der Waals surface area contributed by atoms with Crippen LogP contribution < -0.4 is 10.1 Å². The van der Waals surface area contributed by atoms with Crippen LogP contribution in [0.1, 0.15) is 16.7 Å². The fourth-order valence-corrected chi connectivity index (χ4v) is 3.28. The van der Waals surface area contributed by atoms with Crippen LogP contribution in [-0.4, -0.2) is 35.5 Å². The third-order valence-corrected chi connectivity index (χ3v) is 5.21. The lowest BCUT2D eigenvalue weighted by Gasteiger charge is -2.08. The van der Waals surface area contributed by atoms with Crippen LogP contribution in [0, 0.1) is 13.8 Å². The molecule has 28 heavy (non-hydrogen) atoms. The second-order valence-electron chi connectivity index (χ2n) is 6.37. The zero-order valence-corrected chi connectivity index (χ0v) is 17.0. The van der Waals surface area contributed by atoms with Crippen LogP contribution in [0.15, 0.2) is 52.1 Å². The third kappa shape index (κ3) is 5.13. The predicted molar refractivity (Wildman–Crippen MR) is 110 cm³/mol. The van der Waals surface area contributed by atoms with E-state index in [9.17, 15) is 4.79 Å². The quantitative estimate of drug-likeness (QED) is 0.583. The second-order valence-corrected chi connectivity index (χ2v) is 7.30. The molecule has 3 rings (SSSR count). The lowest BCUT2D eigenvalue weighted by atomic mass is 10.1. The first-order chi connectivity index (χ1) is 13.6. The van der Waals surface area contributed by atoms with Crippen LogP contribution in [0.2, 0.25) is 0 Å². The Kier molecular flexibility index (Phi) is 6.71. The lowest BCUT2D eigenvalue weighted by Crippen LogP contribution is -2.27. The van der Waals surface area contributed by atoms with E-state index in [4.69, 9.17) is 9.15 Å². The number of rotatable bonds is 8. The Morgan fingerprint density at radius 1 is 1.14 bits per heavy atom. The van der Waals surface area contributed by atoms with Gasteiger partial charge < -0.3 is 14.5 Å². The predicted octanol–water partition coefficient (Wildman–Crippen LogP) is 3.81. The first kappa shape index (κ1) is 19.9. The number of carbonyl (C=O) groups is 1. The number of hydrogen-bond donors (Lipinski definition) is 1. The highest BCUT2D eigenvalue weighted by Crippen LogP contribution is 2.24. The summed E-state index contributed by atoms with van der Waals surface area (Å²) >= 11 is 1.23. The molecule has 1 heterocycles. The van der Waals surface area contributed by atoms with Gasteiger partial charge in [0.15, 0.2) is 0 Å². The zero-order valence-electron chi connectivity index (χ0n) is 16.2. The molecule has 0 unspecified atom stereocenters. The highest BCUT2D eigenvalue weighted by molar-refractivity contribution is 7.99. The van der Waals surface area contributed by atoms with E-state index in [1.54, 1.807) is 7.11 Å². The van der Waals surface area contributed by atoms with Crippen LogP contribution in [-0.2, 0) is 11.2 Å². The number of thioether (sulfide) groups is 1. The van der Waals surface area contributed by atoms with Gasteiger partial charge >= 0.3 is 0 Å². The zero-order chi connectivity index (χ0) is 19.9. The minimum atomic E-state index is -0.0779. The minimum Gasteiger partial charge on any atom is -0.496 e. The van der Waals surface area contributed by atoms with E-state index in [1.807, 2.05) is 49.4 Å². The number of nitrogens with zero attached hydrogens (tertiary/aromatic N) is 2. The standard InChI is InChI=1S/C21H23N3O3S/c1-14-8-9-17(12-15(14)2)20-23-24-21(27-20)28-13-19(25)22-11-10-16-6-4-5-7-18(16)26-3/h4-9,12H,10-11,13H2,1-3H3,(H,22,25). The van der Waals surface area contributed by atoms with Crippen molar-refractivity contribution in [1.82, 2.24) is 15.5 Å². The van der Waals surface area contributed by atoms with Crippen molar-refractivity contribution >= 4 is 17.7 Å². The largest absolute Gasteiger partial charge is 0.496 e. The number of para-hydroxylation sites is 1. The molecule has 0 aliphatic heterocycles. The summed E-state index contributed by atoms with van der Waals surface area (Å²) in [6.07, 6.45) is 0.706. The maximum absolute atomic E-state index is 12.1. The van der Waals surface area contributed by atoms with E-state index >= 15 is 0 Å². The number of amides is 1. The Labute approximate surface area is 168 Å². The van der Waals surface area contributed by atoms with Crippen molar-refractivity contribution in [2.45, 2.75) is 25.5 Å². The van der Waals surface area contributed by atoms with E-state index < -0.39 is 0 Å². The topological polar surface area (TPSA) is 77.2 Å². The Balaban J connectivity index is 1.47. The lowest BCUT2D eigenvalue weighted by molar-refractivity contribution is -0.118. The second kappa shape index (κ2) is 9.41. The smallest absolute Gasteiger partial charge is 0.277 e. The SMILES string of the molecule is COc1ccccc1CCNC(=O)CSc1nnc(-c2ccc(C)c(C)c2)o1. The molecule has 0 bridgehead atoms. The van der Waals surface area contributed by atoms with Crippen molar-refractivity contribution in [2.75, 3.05) is 19.4 Å². The molecule has 1 aromatic heterocycles. The third-order valence-electron chi connectivity index (χ3n) is 4.40. The molecule has 0 saturated carbocycles. The average Bonchev–Trinajstić information content (AvgIpc) is 3.18. The summed E-state index contributed by atoms with van der Waals surface area (Å²) in [6, 6.07) is 13.8. The number of benzene rings is 2. The highest BCUT2D eigenvalue weighted by atomic mass is 32.2. The van der Waals surface area contributed by atoms with E-state index in [-0.39, 0.29) is 11.7 Å². The molecule has 0 fully saturated rings. The summed E-state index contributed by atoms with van der Waals surface area (Å²) in [5, 5.41) is 11.4. The van der Waals surface area contributed by atoms with Crippen LogP contribution >= 0.6 is 11.8 Å². The summed E-state index contributed by atoms with van der Waals surface area (Å²) in [6.45, 7) is 4.64. The maximum Gasteiger partial charge on any atom is 0.277 e. The van der Waals surface area contributed by atoms with Crippen LogP contribution in [0.4, 0.5) is 0 Å². The summed E-state index contributed by atoms with van der Waals surface area (Å²) in [5.74, 6) is 1.43. The summed E-state index contributed by atoms with van der Waals surface area (Å²) < 4.78 is 11.0. The summed E-state index contributed by atoms with van der Waals surface area (Å²) in [4.78, 5) is 12.1. The maximum atomic E-state index is 12.1. The fourth-order valence-electron chi connectivity index (χ4n) is 2.68. The van der Waals surface area contributed by atoms with Gasteiger partial charge in [0.05, 0.1) is 12.9 Å². The molecule has 146 valence electrons. The van der Waals surface area contributed by atoms with Gasteiger partial charge in [-0.05, 0) is 55.2 Å². The minimum absolute atomic E-state index is 0.0779.